The van der Waals surface area contributed by atoms with Crippen LogP contribution < -0.4 is 5.32 Å². The maximum absolute atomic E-state index is 13.0. The first kappa shape index (κ1) is 22.4. The van der Waals surface area contributed by atoms with E-state index in [1.54, 1.807) is 14.1 Å². The van der Waals surface area contributed by atoms with Crippen LogP contribution >= 0.6 is 0 Å². The van der Waals surface area contributed by atoms with Gasteiger partial charge in [0.1, 0.15) is 0 Å². The van der Waals surface area contributed by atoms with Crippen molar-refractivity contribution in [3.8, 4) is 0 Å². The Labute approximate surface area is 168 Å². The first-order chi connectivity index (χ1) is 13.6. The normalized spacial score (nSPS) is 11.4. The molecular weight excluding hydrogens is 383 g/mol. The molecule has 2 aromatic rings. The van der Waals surface area contributed by atoms with Crippen LogP contribution in [0, 0.1) is 6.92 Å². The highest BCUT2D eigenvalue weighted by molar-refractivity contribution is 5.93. The van der Waals surface area contributed by atoms with Crippen molar-refractivity contribution < 1.29 is 22.8 Å². The molecule has 0 atom stereocenters. The summed E-state index contributed by atoms with van der Waals surface area (Å²) < 4.78 is 39.0. The lowest BCUT2D eigenvalue weighted by molar-refractivity contribution is -0.137. The van der Waals surface area contributed by atoms with E-state index in [-0.39, 0.29) is 24.7 Å². The molecule has 2 rings (SSSR count). The number of halogens is 3. The number of benzene rings is 2. The number of hydrogen-bond donors (Lipinski definition) is 1. The second-order valence-corrected chi connectivity index (χ2v) is 7.00. The monoisotopic (exact) mass is 407 g/mol. The predicted molar refractivity (Wildman–Crippen MR) is 105 cm³/mol. The van der Waals surface area contributed by atoms with Gasteiger partial charge in [0.15, 0.2) is 0 Å². The van der Waals surface area contributed by atoms with Crippen molar-refractivity contribution in [1.82, 2.24) is 9.80 Å². The Morgan fingerprint density at radius 3 is 2.21 bits per heavy atom. The summed E-state index contributed by atoms with van der Waals surface area (Å²) in [5.41, 5.74) is 0.891. The van der Waals surface area contributed by atoms with E-state index in [4.69, 9.17) is 0 Å². The second kappa shape index (κ2) is 9.56. The van der Waals surface area contributed by atoms with Crippen LogP contribution in [0.1, 0.15) is 16.7 Å². The molecule has 2 aromatic carbocycles. The molecule has 0 aliphatic heterocycles. The number of alkyl halides is 3. The number of para-hydroxylation sites is 1. The van der Waals surface area contributed by atoms with Crippen molar-refractivity contribution in [2.75, 3.05) is 32.5 Å². The van der Waals surface area contributed by atoms with Gasteiger partial charge in [0.05, 0.1) is 24.3 Å². The van der Waals surface area contributed by atoms with E-state index in [1.165, 1.54) is 28.0 Å². The summed E-state index contributed by atoms with van der Waals surface area (Å²) in [6.07, 6.45) is -4.57. The van der Waals surface area contributed by atoms with Crippen molar-refractivity contribution in [2.24, 2.45) is 0 Å². The summed E-state index contributed by atoms with van der Waals surface area (Å²) in [5, 5.41) is 2.27. The zero-order chi connectivity index (χ0) is 21.6. The van der Waals surface area contributed by atoms with Crippen LogP contribution in [0.25, 0.3) is 0 Å². The van der Waals surface area contributed by atoms with Gasteiger partial charge < -0.3 is 10.2 Å². The van der Waals surface area contributed by atoms with Crippen molar-refractivity contribution in [2.45, 2.75) is 19.6 Å². The number of carbonyl (C=O) groups excluding carboxylic acids is 2. The van der Waals surface area contributed by atoms with Crippen molar-refractivity contribution in [1.29, 1.82) is 0 Å². The van der Waals surface area contributed by atoms with E-state index in [0.29, 0.717) is 6.54 Å². The predicted octanol–water partition coefficient (Wildman–Crippen LogP) is 3.54. The fourth-order valence-corrected chi connectivity index (χ4v) is 2.74. The van der Waals surface area contributed by atoms with E-state index < -0.39 is 17.6 Å². The molecule has 1 N–H and O–H groups in total. The van der Waals surface area contributed by atoms with Gasteiger partial charge in [-0.2, -0.15) is 13.2 Å². The van der Waals surface area contributed by atoms with Crippen LogP contribution in [-0.2, 0) is 22.3 Å². The molecular formula is C21H24F3N3O2. The summed E-state index contributed by atoms with van der Waals surface area (Å²) in [5.74, 6) is -0.824. The second-order valence-electron chi connectivity index (χ2n) is 7.00. The highest BCUT2D eigenvalue weighted by Gasteiger charge is 2.33. The third-order valence-electron chi connectivity index (χ3n) is 4.29. The van der Waals surface area contributed by atoms with Crippen molar-refractivity contribution in [3.63, 3.8) is 0 Å². The Morgan fingerprint density at radius 1 is 0.966 bits per heavy atom. The van der Waals surface area contributed by atoms with Gasteiger partial charge in [-0.25, -0.2) is 0 Å². The number of nitrogens with zero attached hydrogens (tertiary/aromatic N) is 2. The molecule has 2 amide bonds. The smallest absolute Gasteiger partial charge is 0.340 e. The Kier molecular flexibility index (Phi) is 7.39. The summed E-state index contributed by atoms with van der Waals surface area (Å²) in [6.45, 7) is 2.16. The van der Waals surface area contributed by atoms with Gasteiger partial charge in [0.25, 0.3) is 0 Å². The maximum Gasteiger partial charge on any atom is 0.418 e. The summed E-state index contributed by atoms with van der Waals surface area (Å²) >= 11 is 0. The SMILES string of the molecule is Cc1ccc(CN(C)C(=O)CN(C)CC(=O)Nc2ccccc2C(F)(F)F)cc1. The minimum atomic E-state index is -4.57. The molecule has 0 aromatic heterocycles. The summed E-state index contributed by atoms with van der Waals surface area (Å²) in [7, 11) is 3.22. The highest BCUT2D eigenvalue weighted by atomic mass is 19.4. The molecule has 5 nitrogen and oxygen atoms in total. The highest BCUT2D eigenvalue weighted by Crippen LogP contribution is 2.34. The summed E-state index contributed by atoms with van der Waals surface area (Å²) in [6, 6.07) is 12.6. The number of likely N-dealkylation sites (N-methyl/N-ethyl adjacent to an activating group) is 2. The van der Waals surface area contributed by atoms with Crippen LogP contribution in [0.5, 0.6) is 0 Å². The van der Waals surface area contributed by atoms with Gasteiger partial charge in [-0.15, -0.1) is 0 Å². The molecule has 29 heavy (non-hydrogen) atoms. The van der Waals surface area contributed by atoms with Crippen LogP contribution in [0.4, 0.5) is 18.9 Å². The Hall–Kier alpha value is -2.87. The summed E-state index contributed by atoms with van der Waals surface area (Å²) in [4.78, 5) is 27.5. The van der Waals surface area contributed by atoms with Crippen LogP contribution in [0.15, 0.2) is 48.5 Å². The van der Waals surface area contributed by atoms with E-state index in [1.807, 2.05) is 31.2 Å². The molecule has 156 valence electrons. The molecule has 0 unspecified atom stereocenters. The number of carbonyl (C=O) groups is 2. The van der Waals surface area contributed by atoms with Crippen LogP contribution in [0.3, 0.4) is 0 Å². The van der Waals surface area contributed by atoms with Crippen molar-refractivity contribution >= 4 is 17.5 Å². The minimum absolute atomic E-state index is 0.0311. The molecule has 0 saturated heterocycles. The fourth-order valence-electron chi connectivity index (χ4n) is 2.74. The first-order valence-electron chi connectivity index (χ1n) is 9.00. The van der Waals surface area contributed by atoms with Gasteiger partial charge in [0.2, 0.25) is 11.8 Å². The molecule has 0 heterocycles. The van der Waals surface area contributed by atoms with Crippen LogP contribution in [0.2, 0.25) is 0 Å². The standard InChI is InChI=1S/C21H24F3N3O2/c1-15-8-10-16(11-9-15)12-27(3)20(29)14-26(2)13-19(28)25-18-7-5-4-6-17(18)21(22,23)24/h4-11H,12-14H2,1-3H3,(H,25,28). The van der Waals surface area contributed by atoms with Gasteiger partial charge in [-0.05, 0) is 31.7 Å². The number of amides is 2. The lowest BCUT2D eigenvalue weighted by Gasteiger charge is -2.22. The quantitative estimate of drug-likeness (QED) is 0.764. The van der Waals surface area contributed by atoms with E-state index in [0.717, 1.165) is 17.2 Å². The maximum atomic E-state index is 13.0. The third-order valence-corrected chi connectivity index (χ3v) is 4.29. The Balaban J connectivity index is 1.88. The van der Waals surface area contributed by atoms with Gasteiger partial charge >= 0.3 is 6.18 Å². The number of anilines is 1. The number of aryl methyl sites for hydroxylation is 1. The number of nitrogens with one attached hydrogen (secondary N) is 1. The van der Waals surface area contributed by atoms with E-state index in [2.05, 4.69) is 5.32 Å². The minimum Gasteiger partial charge on any atom is -0.340 e. The zero-order valence-corrected chi connectivity index (χ0v) is 16.6. The molecule has 0 bridgehead atoms. The van der Waals surface area contributed by atoms with E-state index in [9.17, 15) is 22.8 Å². The Bertz CT molecular complexity index is 851. The van der Waals surface area contributed by atoms with E-state index >= 15 is 0 Å². The molecule has 8 heteroatoms. The van der Waals surface area contributed by atoms with Crippen LogP contribution in [-0.4, -0.2) is 48.8 Å². The van der Waals surface area contributed by atoms with Gasteiger partial charge in [-0.3, -0.25) is 14.5 Å². The molecule has 0 spiro atoms. The van der Waals surface area contributed by atoms with Gasteiger partial charge in [0, 0.05) is 13.6 Å². The Morgan fingerprint density at radius 2 is 1.59 bits per heavy atom. The number of hydrogen-bond acceptors (Lipinski definition) is 3. The molecule has 0 fully saturated rings. The average molecular weight is 407 g/mol. The van der Waals surface area contributed by atoms with Gasteiger partial charge in [-0.1, -0.05) is 42.0 Å². The largest absolute Gasteiger partial charge is 0.418 e. The lowest BCUT2D eigenvalue weighted by Crippen LogP contribution is -2.39. The molecule has 0 aliphatic carbocycles. The molecule has 0 saturated carbocycles. The number of rotatable bonds is 7. The fraction of sp³-hybridized carbons (Fsp3) is 0.333. The topological polar surface area (TPSA) is 52.7 Å². The lowest BCUT2D eigenvalue weighted by atomic mass is 10.1. The zero-order valence-electron chi connectivity index (χ0n) is 16.6. The average Bonchev–Trinajstić information content (AvgIpc) is 2.62. The van der Waals surface area contributed by atoms with Crippen molar-refractivity contribution in [3.05, 3.63) is 65.2 Å². The third kappa shape index (κ3) is 6.90. The first-order valence-corrected chi connectivity index (χ1v) is 9.00. The molecule has 0 radical (unpaired) electrons. The molecule has 0 aliphatic rings.